The van der Waals surface area contributed by atoms with Crippen molar-refractivity contribution in [1.29, 1.82) is 0 Å². The number of anilines is 1. The summed E-state index contributed by atoms with van der Waals surface area (Å²) in [5.74, 6) is -0.317. The van der Waals surface area contributed by atoms with Crippen LogP contribution in [0.3, 0.4) is 0 Å². The van der Waals surface area contributed by atoms with Gasteiger partial charge in [-0.05, 0) is 68.7 Å². The van der Waals surface area contributed by atoms with Crippen molar-refractivity contribution in [2.45, 2.75) is 58.7 Å². The second kappa shape index (κ2) is 13.2. The Morgan fingerprint density at radius 1 is 1.06 bits per heavy atom. The molecule has 2 aromatic rings. The van der Waals surface area contributed by atoms with Gasteiger partial charge < -0.3 is 15.0 Å². The number of carbonyl (C=O) groups is 2. The average Bonchev–Trinajstić information content (AvgIpc) is 2.84. The van der Waals surface area contributed by atoms with Gasteiger partial charge in [0.2, 0.25) is 21.8 Å². The predicted octanol–water partition coefficient (Wildman–Crippen LogP) is 3.71. The number of methoxy groups -OCH3 is 1. The van der Waals surface area contributed by atoms with Crippen molar-refractivity contribution in [2.24, 2.45) is 0 Å². The van der Waals surface area contributed by atoms with E-state index in [0.717, 1.165) is 22.5 Å². The molecule has 2 aromatic carbocycles. The summed E-state index contributed by atoms with van der Waals surface area (Å²) in [6.45, 7) is 5.80. The van der Waals surface area contributed by atoms with Crippen LogP contribution in [0.15, 0.2) is 48.5 Å². The molecule has 0 radical (unpaired) electrons. The molecule has 0 heterocycles. The highest BCUT2D eigenvalue weighted by atomic mass is 32.2. The fourth-order valence-corrected chi connectivity index (χ4v) is 4.55. The lowest BCUT2D eigenvalue weighted by Crippen LogP contribution is -2.49. The first-order chi connectivity index (χ1) is 17.0. The number of nitrogens with zero attached hydrogens (tertiary/aromatic N) is 2. The number of nitrogens with one attached hydrogen (secondary N) is 1. The highest BCUT2D eigenvalue weighted by molar-refractivity contribution is 7.92. The first kappa shape index (κ1) is 29.1. The summed E-state index contributed by atoms with van der Waals surface area (Å²) < 4.78 is 44.3. The molecule has 0 aromatic heterocycles. The molecule has 0 aliphatic rings. The Hall–Kier alpha value is -3.14. The molecule has 1 N–H and O–H groups in total. The molecule has 0 saturated carbocycles. The molecule has 2 rings (SSSR count). The number of amides is 2. The number of benzene rings is 2. The fraction of sp³-hybridized carbons (Fsp3) is 0.462. The summed E-state index contributed by atoms with van der Waals surface area (Å²) in [7, 11) is -2.07. The summed E-state index contributed by atoms with van der Waals surface area (Å²) in [6, 6.07) is 11.6. The van der Waals surface area contributed by atoms with E-state index >= 15 is 0 Å². The monoisotopic (exact) mass is 521 g/mol. The third kappa shape index (κ3) is 8.51. The summed E-state index contributed by atoms with van der Waals surface area (Å²) in [5, 5.41) is 2.92. The quantitative estimate of drug-likeness (QED) is 0.434. The molecule has 36 heavy (non-hydrogen) atoms. The van der Waals surface area contributed by atoms with Crippen LogP contribution >= 0.6 is 0 Å². The summed E-state index contributed by atoms with van der Waals surface area (Å²) in [4.78, 5) is 27.6. The largest absolute Gasteiger partial charge is 0.497 e. The number of halogens is 1. The van der Waals surface area contributed by atoms with Gasteiger partial charge in [0, 0.05) is 25.6 Å². The van der Waals surface area contributed by atoms with E-state index in [1.165, 1.54) is 29.2 Å². The van der Waals surface area contributed by atoms with Gasteiger partial charge in [0.25, 0.3) is 0 Å². The van der Waals surface area contributed by atoms with Crippen molar-refractivity contribution < 1.29 is 27.1 Å². The highest BCUT2D eigenvalue weighted by Gasteiger charge is 2.27. The Bertz CT molecular complexity index is 1110. The van der Waals surface area contributed by atoms with Crippen LogP contribution in [0.4, 0.5) is 10.1 Å². The summed E-state index contributed by atoms with van der Waals surface area (Å²) in [5.41, 5.74) is 1.15. The van der Waals surface area contributed by atoms with Gasteiger partial charge >= 0.3 is 0 Å². The van der Waals surface area contributed by atoms with E-state index < -0.39 is 21.9 Å². The molecule has 2 atom stereocenters. The first-order valence-electron chi connectivity index (χ1n) is 11.9. The van der Waals surface area contributed by atoms with Gasteiger partial charge in [0.1, 0.15) is 17.6 Å². The van der Waals surface area contributed by atoms with Crippen LogP contribution in [0.1, 0.15) is 45.6 Å². The predicted molar refractivity (Wildman–Crippen MR) is 139 cm³/mol. The molecule has 2 amide bonds. The van der Waals surface area contributed by atoms with Gasteiger partial charge in [-0.1, -0.05) is 19.1 Å². The van der Waals surface area contributed by atoms with Crippen LogP contribution in [-0.4, -0.2) is 57.1 Å². The Labute approximate surface area is 213 Å². The van der Waals surface area contributed by atoms with E-state index in [2.05, 4.69) is 5.32 Å². The van der Waals surface area contributed by atoms with Crippen molar-refractivity contribution in [3.05, 3.63) is 59.9 Å². The Kier molecular flexibility index (Phi) is 10.7. The van der Waals surface area contributed by atoms with Crippen molar-refractivity contribution in [3.63, 3.8) is 0 Å². The van der Waals surface area contributed by atoms with E-state index in [1.807, 2.05) is 26.0 Å². The molecule has 0 spiro atoms. The van der Waals surface area contributed by atoms with Crippen LogP contribution in [0, 0.1) is 5.82 Å². The molecular formula is C26H36FN3O5S. The summed E-state index contributed by atoms with van der Waals surface area (Å²) in [6.07, 6.45) is 2.08. The summed E-state index contributed by atoms with van der Waals surface area (Å²) >= 11 is 0. The second-order valence-corrected chi connectivity index (χ2v) is 10.7. The van der Waals surface area contributed by atoms with Crippen LogP contribution in [0.5, 0.6) is 5.75 Å². The number of hydrogen-bond acceptors (Lipinski definition) is 5. The Morgan fingerprint density at radius 2 is 1.67 bits per heavy atom. The number of ether oxygens (including phenoxy) is 1. The van der Waals surface area contributed by atoms with E-state index in [1.54, 1.807) is 26.2 Å². The van der Waals surface area contributed by atoms with Gasteiger partial charge in [-0.2, -0.15) is 0 Å². The van der Waals surface area contributed by atoms with Gasteiger partial charge in [-0.15, -0.1) is 0 Å². The zero-order valence-electron chi connectivity index (χ0n) is 21.5. The van der Waals surface area contributed by atoms with Gasteiger partial charge in [0.05, 0.1) is 19.1 Å². The number of carbonyl (C=O) groups excluding carboxylic acids is 2. The third-order valence-corrected chi connectivity index (χ3v) is 7.14. The molecule has 0 aliphatic heterocycles. The van der Waals surface area contributed by atoms with E-state index in [-0.39, 0.29) is 43.8 Å². The minimum Gasteiger partial charge on any atom is -0.497 e. The maximum Gasteiger partial charge on any atom is 0.242 e. The zero-order chi connectivity index (χ0) is 26.9. The standard InChI is InChI=1S/C26H36FN3O5S/c1-6-19(2)28-26(32)20(3)29(18-21-9-15-24(35-4)16-10-21)25(31)8-7-17-30(36(5,33)34)23-13-11-22(27)12-14-23/h9-16,19-20H,6-8,17-18H2,1-5H3,(H,28,32)/t19-,20-/m0/s1. The van der Waals surface area contributed by atoms with E-state index in [9.17, 15) is 22.4 Å². The minimum absolute atomic E-state index is 0.0306. The Balaban J connectivity index is 2.17. The molecule has 0 unspecified atom stereocenters. The maximum atomic E-state index is 13.3. The average molecular weight is 522 g/mol. The maximum absolute atomic E-state index is 13.3. The number of rotatable bonds is 13. The molecule has 0 bridgehead atoms. The van der Waals surface area contributed by atoms with Crippen molar-refractivity contribution in [2.75, 3.05) is 24.2 Å². The number of sulfonamides is 1. The van der Waals surface area contributed by atoms with Crippen molar-refractivity contribution in [3.8, 4) is 5.75 Å². The van der Waals surface area contributed by atoms with Gasteiger partial charge in [-0.25, -0.2) is 12.8 Å². The normalized spacial score (nSPS) is 12.9. The molecule has 10 heteroatoms. The molecule has 8 nitrogen and oxygen atoms in total. The van der Waals surface area contributed by atoms with Crippen molar-refractivity contribution in [1.82, 2.24) is 10.2 Å². The van der Waals surface area contributed by atoms with E-state index in [0.29, 0.717) is 11.4 Å². The molecular weight excluding hydrogens is 485 g/mol. The van der Waals surface area contributed by atoms with Crippen LogP contribution in [0.25, 0.3) is 0 Å². The SMILES string of the molecule is CC[C@H](C)NC(=O)[C@H](C)N(Cc1ccc(OC)cc1)C(=O)CCCN(c1ccc(F)cc1)S(C)(=O)=O. The third-order valence-electron chi connectivity index (χ3n) is 5.95. The molecule has 0 fully saturated rings. The second-order valence-electron chi connectivity index (χ2n) is 8.78. The van der Waals surface area contributed by atoms with Crippen LogP contribution in [-0.2, 0) is 26.2 Å². The Morgan fingerprint density at radius 3 is 2.19 bits per heavy atom. The zero-order valence-corrected chi connectivity index (χ0v) is 22.3. The lowest BCUT2D eigenvalue weighted by Gasteiger charge is -2.30. The van der Waals surface area contributed by atoms with Gasteiger partial charge in [0.15, 0.2) is 0 Å². The topological polar surface area (TPSA) is 96.0 Å². The molecule has 0 saturated heterocycles. The fourth-order valence-electron chi connectivity index (χ4n) is 3.59. The lowest BCUT2D eigenvalue weighted by atomic mass is 10.1. The van der Waals surface area contributed by atoms with Crippen LogP contribution in [0.2, 0.25) is 0 Å². The molecule has 0 aliphatic carbocycles. The van der Waals surface area contributed by atoms with E-state index in [4.69, 9.17) is 4.74 Å². The highest BCUT2D eigenvalue weighted by Crippen LogP contribution is 2.20. The van der Waals surface area contributed by atoms with Gasteiger partial charge in [-0.3, -0.25) is 13.9 Å². The minimum atomic E-state index is -3.64. The molecule has 198 valence electrons. The first-order valence-corrected chi connectivity index (χ1v) is 13.8. The van der Waals surface area contributed by atoms with Crippen LogP contribution < -0.4 is 14.4 Å². The number of hydrogen-bond donors (Lipinski definition) is 1. The van der Waals surface area contributed by atoms with Crippen molar-refractivity contribution >= 4 is 27.5 Å². The smallest absolute Gasteiger partial charge is 0.242 e. The lowest BCUT2D eigenvalue weighted by molar-refractivity contribution is -0.140.